The van der Waals surface area contributed by atoms with E-state index in [0.29, 0.717) is 40.7 Å². The van der Waals surface area contributed by atoms with Gasteiger partial charge in [0.15, 0.2) is 17.4 Å². The number of rotatable bonds is 14. The van der Waals surface area contributed by atoms with Gasteiger partial charge in [0.1, 0.15) is 24.7 Å². The van der Waals surface area contributed by atoms with E-state index in [4.69, 9.17) is 23.7 Å². The van der Waals surface area contributed by atoms with Crippen LogP contribution in [0.2, 0.25) is 0 Å². The van der Waals surface area contributed by atoms with Gasteiger partial charge in [0.05, 0.1) is 19.8 Å². The summed E-state index contributed by atoms with van der Waals surface area (Å²) in [5, 5.41) is 9.14. The minimum Gasteiger partial charge on any atom is -0.486 e. The number of halogens is 2. The number of thioether (sulfide) groups is 1. The van der Waals surface area contributed by atoms with Gasteiger partial charge < -0.3 is 28.6 Å². The zero-order valence-corrected chi connectivity index (χ0v) is 21.2. The fraction of sp³-hybridized carbons (Fsp3) is 0.308. The molecule has 1 amide bonds. The number of ether oxygens (including phenoxy) is 3. The molecule has 0 fully saturated rings. The van der Waals surface area contributed by atoms with Crippen LogP contribution in [0.4, 0.5) is 8.78 Å². The number of carbonyl (C=O) groups excluding carboxylic acids is 1. The lowest BCUT2D eigenvalue weighted by Crippen LogP contribution is -2.38. The van der Waals surface area contributed by atoms with E-state index in [9.17, 15) is 18.4 Å². The molecule has 8 nitrogen and oxygen atoms in total. The Morgan fingerprint density at radius 3 is 2.43 bits per heavy atom. The first kappa shape index (κ1) is 28.2. The van der Waals surface area contributed by atoms with E-state index < -0.39 is 30.1 Å². The summed E-state index contributed by atoms with van der Waals surface area (Å²) in [7, 11) is 1.54. The molecule has 0 aliphatic rings. The fourth-order valence-electron chi connectivity index (χ4n) is 3.37. The highest BCUT2D eigenvalue weighted by molar-refractivity contribution is 7.98. The Hall–Kier alpha value is -3.41. The molecule has 1 aromatic heterocycles. The van der Waals surface area contributed by atoms with E-state index in [1.165, 1.54) is 31.0 Å². The van der Waals surface area contributed by atoms with Crippen LogP contribution in [-0.2, 0) is 20.9 Å². The summed E-state index contributed by atoms with van der Waals surface area (Å²) in [6.07, 6.45) is 1.79. The van der Waals surface area contributed by atoms with Crippen molar-refractivity contribution in [3.63, 3.8) is 0 Å². The molecule has 0 atom stereocenters. The highest BCUT2D eigenvalue weighted by Gasteiger charge is 2.22. The minimum atomic E-state index is -1.16. The Labute approximate surface area is 217 Å². The van der Waals surface area contributed by atoms with Crippen molar-refractivity contribution in [1.82, 2.24) is 4.90 Å². The Bertz CT molecular complexity index is 1200. The van der Waals surface area contributed by atoms with Crippen molar-refractivity contribution >= 4 is 23.6 Å². The number of carbonyl (C=O) groups is 2. The molecule has 0 saturated carbocycles. The summed E-state index contributed by atoms with van der Waals surface area (Å²) in [6, 6.07) is 12.2. The van der Waals surface area contributed by atoms with Gasteiger partial charge in [-0.25, -0.2) is 8.78 Å². The zero-order chi connectivity index (χ0) is 26.8. The van der Waals surface area contributed by atoms with E-state index in [2.05, 4.69) is 0 Å². The quantitative estimate of drug-likeness (QED) is 0.234. The Morgan fingerprint density at radius 2 is 1.76 bits per heavy atom. The van der Waals surface area contributed by atoms with Gasteiger partial charge in [-0.3, -0.25) is 9.59 Å². The molecule has 37 heavy (non-hydrogen) atoms. The number of amides is 1. The van der Waals surface area contributed by atoms with E-state index >= 15 is 0 Å². The number of furan rings is 1. The lowest BCUT2D eigenvalue weighted by molar-refractivity contribution is -0.137. The number of carboxylic acid groups (broad SMARTS) is 1. The van der Waals surface area contributed by atoms with Crippen molar-refractivity contribution in [3.05, 3.63) is 71.7 Å². The first-order chi connectivity index (χ1) is 17.8. The number of hydrogen-bond donors (Lipinski definition) is 1. The van der Waals surface area contributed by atoms with Crippen LogP contribution in [0, 0.1) is 11.6 Å². The highest BCUT2D eigenvalue weighted by Crippen LogP contribution is 2.33. The molecule has 1 heterocycles. The molecule has 198 valence electrons. The second kappa shape index (κ2) is 13.8. The normalized spacial score (nSPS) is 10.9. The van der Waals surface area contributed by atoms with Crippen LogP contribution in [-0.4, -0.2) is 68.2 Å². The lowest BCUT2D eigenvalue weighted by atomic mass is 10.1. The van der Waals surface area contributed by atoms with Crippen molar-refractivity contribution < 1.29 is 42.1 Å². The molecule has 11 heteroatoms. The molecule has 0 aliphatic heterocycles. The minimum absolute atomic E-state index is 0.0185. The lowest BCUT2D eigenvalue weighted by Gasteiger charge is -2.19. The Balaban J connectivity index is 1.60. The SMILES string of the molecule is COCCOCCN(CC(=O)O)C(=O)c1ccc(COc2ccc(-c3cc(F)c(F)cc3SC)cc2)o1. The van der Waals surface area contributed by atoms with Gasteiger partial charge in [-0.1, -0.05) is 12.1 Å². The van der Waals surface area contributed by atoms with Crippen molar-refractivity contribution in [2.24, 2.45) is 0 Å². The Kier molecular flexibility index (Phi) is 10.5. The molecule has 0 radical (unpaired) electrons. The predicted molar refractivity (Wildman–Crippen MR) is 133 cm³/mol. The number of aliphatic carboxylic acids is 1. The van der Waals surface area contributed by atoms with Crippen LogP contribution in [0.15, 0.2) is 57.8 Å². The summed E-state index contributed by atoms with van der Waals surface area (Å²) in [5.74, 6) is -2.70. The van der Waals surface area contributed by atoms with Crippen LogP contribution in [0.3, 0.4) is 0 Å². The maximum atomic E-state index is 13.8. The molecule has 0 bridgehead atoms. The van der Waals surface area contributed by atoms with Crippen LogP contribution in [0.25, 0.3) is 11.1 Å². The number of benzene rings is 2. The summed E-state index contributed by atoms with van der Waals surface area (Å²) in [5.41, 5.74) is 1.27. The molecule has 3 aromatic rings. The molecule has 0 saturated heterocycles. The molecule has 2 aromatic carbocycles. The van der Waals surface area contributed by atoms with Crippen LogP contribution in [0.5, 0.6) is 5.75 Å². The zero-order valence-electron chi connectivity index (χ0n) is 20.4. The number of hydrogen-bond acceptors (Lipinski definition) is 7. The average Bonchev–Trinajstić information content (AvgIpc) is 3.37. The van der Waals surface area contributed by atoms with Crippen LogP contribution >= 0.6 is 11.8 Å². The summed E-state index contributed by atoms with van der Waals surface area (Å²) < 4.78 is 48.8. The molecule has 0 spiro atoms. The monoisotopic (exact) mass is 535 g/mol. The molecular formula is C26H27F2NO7S. The van der Waals surface area contributed by atoms with Gasteiger partial charge in [-0.2, -0.15) is 0 Å². The average molecular weight is 536 g/mol. The maximum absolute atomic E-state index is 13.8. The van der Waals surface area contributed by atoms with Gasteiger partial charge in [0, 0.05) is 18.6 Å². The first-order valence-electron chi connectivity index (χ1n) is 11.2. The molecule has 1 N–H and O–H groups in total. The fourth-order valence-corrected chi connectivity index (χ4v) is 3.99. The van der Waals surface area contributed by atoms with Crippen LogP contribution < -0.4 is 4.74 Å². The van der Waals surface area contributed by atoms with Crippen LogP contribution in [0.1, 0.15) is 16.3 Å². The number of carboxylic acids is 1. The summed E-state index contributed by atoms with van der Waals surface area (Å²) in [4.78, 5) is 25.7. The van der Waals surface area contributed by atoms with E-state index in [1.807, 2.05) is 0 Å². The van der Waals surface area contributed by atoms with E-state index in [1.54, 1.807) is 36.6 Å². The topological polar surface area (TPSA) is 98.4 Å². The third-order valence-electron chi connectivity index (χ3n) is 5.21. The predicted octanol–water partition coefficient (Wildman–Crippen LogP) is 4.72. The third-order valence-corrected chi connectivity index (χ3v) is 5.99. The summed E-state index contributed by atoms with van der Waals surface area (Å²) in [6.45, 7) is 0.464. The van der Waals surface area contributed by atoms with Crippen molar-refractivity contribution in [2.75, 3.05) is 46.3 Å². The molecule has 3 rings (SSSR count). The molecular weight excluding hydrogens is 508 g/mol. The number of methoxy groups -OCH3 is 1. The smallest absolute Gasteiger partial charge is 0.323 e. The summed E-state index contributed by atoms with van der Waals surface area (Å²) >= 11 is 1.32. The van der Waals surface area contributed by atoms with Gasteiger partial charge in [0.2, 0.25) is 0 Å². The largest absolute Gasteiger partial charge is 0.486 e. The Morgan fingerprint density at radius 1 is 1.03 bits per heavy atom. The third kappa shape index (κ3) is 8.04. The molecule has 0 unspecified atom stereocenters. The molecule has 0 aliphatic carbocycles. The standard InChI is InChI=1S/C26H27F2NO7S/c1-33-11-12-34-10-9-29(15-25(30)31)26(32)23-8-7-19(36-23)16-35-18-5-3-17(4-6-18)20-13-21(27)22(28)14-24(20)37-2/h3-8,13-14H,9-12,15-16H2,1-2H3,(H,30,31). The van der Waals surface area contributed by atoms with Gasteiger partial charge in [-0.05, 0) is 53.8 Å². The van der Waals surface area contributed by atoms with E-state index in [0.717, 1.165) is 11.0 Å². The van der Waals surface area contributed by atoms with Gasteiger partial charge in [-0.15, -0.1) is 11.8 Å². The first-order valence-corrected chi connectivity index (χ1v) is 12.5. The van der Waals surface area contributed by atoms with Gasteiger partial charge >= 0.3 is 5.97 Å². The maximum Gasteiger partial charge on any atom is 0.323 e. The van der Waals surface area contributed by atoms with Crippen molar-refractivity contribution in [2.45, 2.75) is 11.5 Å². The highest BCUT2D eigenvalue weighted by atomic mass is 32.2. The van der Waals surface area contributed by atoms with Crippen molar-refractivity contribution in [3.8, 4) is 16.9 Å². The second-order valence-electron chi connectivity index (χ2n) is 7.77. The van der Waals surface area contributed by atoms with E-state index in [-0.39, 0.29) is 25.5 Å². The second-order valence-corrected chi connectivity index (χ2v) is 8.62. The van der Waals surface area contributed by atoms with Crippen molar-refractivity contribution in [1.29, 1.82) is 0 Å². The number of nitrogens with zero attached hydrogens (tertiary/aromatic N) is 1. The van der Waals surface area contributed by atoms with Gasteiger partial charge in [0.25, 0.3) is 5.91 Å².